The van der Waals surface area contributed by atoms with Crippen LogP contribution < -0.4 is 5.32 Å². The first-order valence-corrected chi connectivity index (χ1v) is 7.37. The SMILES string of the molecule is CC(C)(C)OC(=O)NC1CCCC(Cn2ccnc2)C1. The van der Waals surface area contributed by atoms with Crippen LogP contribution in [0, 0.1) is 5.92 Å². The largest absolute Gasteiger partial charge is 0.444 e. The van der Waals surface area contributed by atoms with Crippen molar-refractivity contribution >= 4 is 6.09 Å². The second kappa shape index (κ2) is 6.29. The molecule has 0 aliphatic heterocycles. The van der Waals surface area contributed by atoms with Gasteiger partial charge in [0.05, 0.1) is 6.33 Å². The molecule has 0 radical (unpaired) electrons. The number of ether oxygens (including phenoxy) is 1. The van der Waals surface area contributed by atoms with Crippen LogP contribution >= 0.6 is 0 Å². The third-order valence-corrected chi connectivity index (χ3v) is 3.53. The highest BCUT2D eigenvalue weighted by molar-refractivity contribution is 5.68. The third kappa shape index (κ3) is 4.87. The molecule has 1 aliphatic carbocycles. The van der Waals surface area contributed by atoms with Gasteiger partial charge in [-0.25, -0.2) is 9.78 Å². The Balaban J connectivity index is 1.80. The highest BCUT2D eigenvalue weighted by Crippen LogP contribution is 2.26. The van der Waals surface area contributed by atoms with Gasteiger partial charge in [-0.05, 0) is 46.0 Å². The van der Waals surface area contributed by atoms with Crippen molar-refractivity contribution in [2.75, 3.05) is 0 Å². The summed E-state index contributed by atoms with van der Waals surface area (Å²) in [6.45, 7) is 6.63. The molecular formula is C15H25N3O2. The molecule has 0 aromatic carbocycles. The van der Waals surface area contributed by atoms with E-state index in [2.05, 4.69) is 14.9 Å². The number of hydrogen-bond acceptors (Lipinski definition) is 3. The first-order chi connectivity index (χ1) is 9.42. The molecule has 1 saturated carbocycles. The summed E-state index contributed by atoms with van der Waals surface area (Å²) in [5.74, 6) is 0.595. The summed E-state index contributed by atoms with van der Waals surface area (Å²) in [4.78, 5) is 15.9. The Morgan fingerprint density at radius 3 is 2.90 bits per heavy atom. The number of alkyl carbamates (subject to hydrolysis) is 1. The molecule has 1 aromatic rings. The lowest BCUT2D eigenvalue weighted by Crippen LogP contribution is -2.41. The quantitative estimate of drug-likeness (QED) is 0.925. The molecule has 0 spiro atoms. The normalized spacial score (nSPS) is 23.4. The molecule has 5 heteroatoms. The van der Waals surface area contributed by atoms with E-state index in [-0.39, 0.29) is 12.1 Å². The molecule has 0 bridgehead atoms. The maximum Gasteiger partial charge on any atom is 0.407 e. The van der Waals surface area contributed by atoms with Gasteiger partial charge in [-0.2, -0.15) is 0 Å². The predicted octanol–water partition coefficient (Wildman–Crippen LogP) is 2.97. The molecule has 112 valence electrons. The van der Waals surface area contributed by atoms with Gasteiger partial charge in [0, 0.05) is 25.0 Å². The summed E-state index contributed by atoms with van der Waals surface area (Å²) in [6, 6.07) is 0.229. The molecule has 2 rings (SSSR count). The number of nitrogens with zero attached hydrogens (tertiary/aromatic N) is 2. The molecule has 2 atom stereocenters. The lowest BCUT2D eigenvalue weighted by atomic mass is 9.85. The minimum Gasteiger partial charge on any atom is -0.444 e. The van der Waals surface area contributed by atoms with E-state index in [0.29, 0.717) is 5.92 Å². The summed E-state index contributed by atoms with van der Waals surface area (Å²) in [5.41, 5.74) is -0.436. The smallest absolute Gasteiger partial charge is 0.407 e. The van der Waals surface area contributed by atoms with Gasteiger partial charge in [0.25, 0.3) is 0 Å². The fraction of sp³-hybridized carbons (Fsp3) is 0.733. The second-order valence-electron chi connectivity index (χ2n) is 6.64. The molecule has 1 heterocycles. The monoisotopic (exact) mass is 279 g/mol. The number of aromatic nitrogens is 2. The zero-order valence-corrected chi connectivity index (χ0v) is 12.6. The molecule has 20 heavy (non-hydrogen) atoms. The Kier molecular flexibility index (Phi) is 4.68. The number of amides is 1. The predicted molar refractivity (Wildman–Crippen MR) is 77.3 cm³/mol. The van der Waals surface area contributed by atoms with Crippen LogP contribution in [0.15, 0.2) is 18.7 Å². The second-order valence-corrected chi connectivity index (χ2v) is 6.64. The van der Waals surface area contributed by atoms with Gasteiger partial charge < -0.3 is 14.6 Å². The first kappa shape index (κ1) is 14.9. The molecule has 1 aliphatic rings. The van der Waals surface area contributed by atoms with Crippen LogP contribution in [-0.2, 0) is 11.3 Å². The van der Waals surface area contributed by atoms with Crippen molar-refractivity contribution < 1.29 is 9.53 Å². The van der Waals surface area contributed by atoms with E-state index in [4.69, 9.17) is 4.74 Å². The topological polar surface area (TPSA) is 56.1 Å². The summed E-state index contributed by atoms with van der Waals surface area (Å²) in [6.07, 6.45) is 9.77. The number of carbonyl (C=O) groups excluding carboxylic acids is 1. The zero-order chi connectivity index (χ0) is 14.6. The van der Waals surface area contributed by atoms with Gasteiger partial charge in [0.2, 0.25) is 0 Å². The fourth-order valence-electron chi connectivity index (χ4n) is 2.76. The van der Waals surface area contributed by atoms with Crippen molar-refractivity contribution in [3.05, 3.63) is 18.7 Å². The molecular weight excluding hydrogens is 254 g/mol. The van der Waals surface area contributed by atoms with E-state index in [9.17, 15) is 4.79 Å². The van der Waals surface area contributed by atoms with Crippen molar-refractivity contribution in [2.24, 2.45) is 5.92 Å². The van der Waals surface area contributed by atoms with E-state index in [1.165, 1.54) is 6.42 Å². The van der Waals surface area contributed by atoms with Gasteiger partial charge in [-0.1, -0.05) is 6.42 Å². The third-order valence-electron chi connectivity index (χ3n) is 3.53. The van der Waals surface area contributed by atoms with Crippen molar-refractivity contribution in [1.82, 2.24) is 14.9 Å². The summed E-state index contributed by atoms with van der Waals surface area (Å²) in [5, 5.41) is 3.00. The lowest BCUT2D eigenvalue weighted by Gasteiger charge is -2.30. The van der Waals surface area contributed by atoms with E-state index in [1.807, 2.05) is 33.3 Å². The Morgan fingerprint density at radius 2 is 2.25 bits per heavy atom. The molecule has 5 nitrogen and oxygen atoms in total. The lowest BCUT2D eigenvalue weighted by molar-refractivity contribution is 0.0483. The summed E-state index contributed by atoms with van der Waals surface area (Å²) < 4.78 is 7.43. The first-order valence-electron chi connectivity index (χ1n) is 7.37. The Labute approximate surface area is 120 Å². The number of rotatable bonds is 3. The molecule has 1 aromatic heterocycles. The Morgan fingerprint density at radius 1 is 1.45 bits per heavy atom. The van der Waals surface area contributed by atoms with Gasteiger partial charge in [-0.3, -0.25) is 0 Å². The van der Waals surface area contributed by atoms with Gasteiger partial charge in [-0.15, -0.1) is 0 Å². The minimum absolute atomic E-state index is 0.229. The number of imidazole rings is 1. The maximum absolute atomic E-state index is 11.8. The standard InChI is InChI=1S/C15H25N3O2/c1-15(2,3)20-14(19)17-13-6-4-5-12(9-13)10-18-8-7-16-11-18/h7-8,11-13H,4-6,9-10H2,1-3H3,(H,17,19). The Bertz CT molecular complexity index is 423. The fourth-order valence-corrected chi connectivity index (χ4v) is 2.76. The molecule has 1 amide bonds. The molecule has 2 unspecified atom stereocenters. The highest BCUT2D eigenvalue weighted by atomic mass is 16.6. The summed E-state index contributed by atoms with van der Waals surface area (Å²) >= 11 is 0. The minimum atomic E-state index is -0.436. The molecule has 1 N–H and O–H groups in total. The van der Waals surface area contributed by atoms with Crippen molar-refractivity contribution in [3.8, 4) is 0 Å². The maximum atomic E-state index is 11.8. The number of carbonyl (C=O) groups is 1. The van der Waals surface area contributed by atoms with E-state index < -0.39 is 5.60 Å². The molecule has 0 saturated heterocycles. The van der Waals surface area contributed by atoms with E-state index in [0.717, 1.165) is 25.8 Å². The van der Waals surface area contributed by atoms with Crippen LogP contribution in [0.1, 0.15) is 46.5 Å². The van der Waals surface area contributed by atoms with Crippen LogP contribution in [0.2, 0.25) is 0 Å². The Hall–Kier alpha value is -1.52. The molecule has 1 fully saturated rings. The van der Waals surface area contributed by atoms with Gasteiger partial charge in [0.1, 0.15) is 5.60 Å². The van der Waals surface area contributed by atoms with E-state index in [1.54, 1.807) is 6.20 Å². The van der Waals surface area contributed by atoms with Crippen LogP contribution in [0.5, 0.6) is 0 Å². The van der Waals surface area contributed by atoms with Crippen LogP contribution in [-0.4, -0.2) is 27.3 Å². The average Bonchev–Trinajstić information content (AvgIpc) is 2.79. The van der Waals surface area contributed by atoms with Crippen LogP contribution in [0.3, 0.4) is 0 Å². The highest BCUT2D eigenvalue weighted by Gasteiger charge is 2.25. The van der Waals surface area contributed by atoms with Crippen molar-refractivity contribution in [1.29, 1.82) is 0 Å². The number of hydrogen-bond donors (Lipinski definition) is 1. The average molecular weight is 279 g/mol. The van der Waals surface area contributed by atoms with Gasteiger partial charge >= 0.3 is 6.09 Å². The van der Waals surface area contributed by atoms with Crippen LogP contribution in [0.25, 0.3) is 0 Å². The van der Waals surface area contributed by atoms with Gasteiger partial charge in [0.15, 0.2) is 0 Å². The zero-order valence-electron chi connectivity index (χ0n) is 12.6. The van der Waals surface area contributed by atoms with Crippen LogP contribution in [0.4, 0.5) is 4.79 Å². The van der Waals surface area contributed by atoms with Crippen molar-refractivity contribution in [2.45, 2.75) is 64.6 Å². The van der Waals surface area contributed by atoms with Crippen molar-refractivity contribution in [3.63, 3.8) is 0 Å². The number of nitrogens with one attached hydrogen (secondary N) is 1. The van der Waals surface area contributed by atoms with E-state index >= 15 is 0 Å². The summed E-state index contributed by atoms with van der Waals surface area (Å²) in [7, 11) is 0.